The van der Waals surface area contributed by atoms with E-state index in [0.717, 1.165) is 17.5 Å². The average molecular weight is 489 g/mol. The Labute approximate surface area is 208 Å². The van der Waals surface area contributed by atoms with Gasteiger partial charge in [-0.2, -0.15) is 0 Å². The van der Waals surface area contributed by atoms with Crippen molar-refractivity contribution in [3.63, 3.8) is 0 Å². The normalized spacial score (nSPS) is 11.6. The summed E-state index contributed by atoms with van der Waals surface area (Å²) in [7, 11) is 0. The van der Waals surface area contributed by atoms with Gasteiger partial charge in [0, 0.05) is 24.5 Å². The first-order chi connectivity index (χ1) is 16.4. The van der Waals surface area contributed by atoms with Gasteiger partial charge in [0.15, 0.2) is 11.5 Å². The molecule has 2 rings (SSSR count). The number of carbonyl (C=O) groups excluding carboxylic acids is 2. The van der Waals surface area contributed by atoms with Crippen molar-refractivity contribution in [3.8, 4) is 11.5 Å². The number of hydrogen-bond donors (Lipinski definition) is 1. The number of nitrogens with one attached hydrogen (secondary N) is 1. The van der Waals surface area contributed by atoms with Crippen molar-refractivity contribution in [2.45, 2.75) is 66.0 Å². The Morgan fingerprint density at radius 2 is 1.71 bits per heavy atom. The maximum absolute atomic E-state index is 13.4. The van der Waals surface area contributed by atoms with Crippen LogP contribution in [0, 0.1) is 0 Å². The van der Waals surface area contributed by atoms with Crippen molar-refractivity contribution in [2.24, 2.45) is 0 Å². The van der Waals surface area contributed by atoms with Gasteiger partial charge >= 0.3 is 0 Å². The fourth-order valence-electron chi connectivity index (χ4n) is 3.74. The van der Waals surface area contributed by atoms with Crippen molar-refractivity contribution in [2.75, 3.05) is 19.8 Å². The second-order valence-electron chi connectivity index (χ2n) is 7.98. The first kappa shape index (κ1) is 27.5. The number of nitrogens with zero attached hydrogens (tertiary/aromatic N) is 1. The standard InChI is InChI=1S/C27H37ClN2O4/c1-5-17-29-27(32)23(6-2)30(19-21-11-9-10-12-22(21)28)26(31)16-14-20-13-15-24(33-7-3)25(18-20)34-8-4/h9-13,15,18,23H,5-8,14,16-17,19H2,1-4H3,(H,29,32)/t23-/m1/s1. The van der Waals surface area contributed by atoms with E-state index in [9.17, 15) is 9.59 Å². The van der Waals surface area contributed by atoms with Crippen molar-refractivity contribution >= 4 is 23.4 Å². The third-order valence-electron chi connectivity index (χ3n) is 5.47. The van der Waals surface area contributed by atoms with E-state index in [1.165, 1.54) is 0 Å². The van der Waals surface area contributed by atoms with Gasteiger partial charge in [0.2, 0.25) is 11.8 Å². The molecule has 0 aliphatic rings. The van der Waals surface area contributed by atoms with Gasteiger partial charge in [-0.05, 0) is 62.4 Å². The molecule has 0 saturated heterocycles. The van der Waals surface area contributed by atoms with Crippen molar-refractivity contribution < 1.29 is 19.1 Å². The molecule has 0 saturated carbocycles. The lowest BCUT2D eigenvalue weighted by Gasteiger charge is -2.31. The van der Waals surface area contributed by atoms with E-state index in [-0.39, 0.29) is 24.8 Å². The zero-order chi connectivity index (χ0) is 24.9. The van der Waals surface area contributed by atoms with Crippen LogP contribution >= 0.6 is 11.6 Å². The fraction of sp³-hybridized carbons (Fsp3) is 0.481. The Bertz CT molecular complexity index is 935. The van der Waals surface area contributed by atoms with E-state index in [1.54, 1.807) is 11.0 Å². The van der Waals surface area contributed by atoms with Crippen LogP contribution in [0.2, 0.25) is 5.02 Å². The summed E-state index contributed by atoms with van der Waals surface area (Å²) in [5.74, 6) is 1.14. The molecule has 0 bridgehead atoms. The maximum Gasteiger partial charge on any atom is 0.242 e. The molecule has 0 radical (unpaired) electrons. The highest BCUT2D eigenvalue weighted by Crippen LogP contribution is 2.29. The highest BCUT2D eigenvalue weighted by Gasteiger charge is 2.28. The molecular formula is C27H37ClN2O4. The van der Waals surface area contributed by atoms with Crippen LogP contribution in [0.5, 0.6) is 11.5 Å². The molecule has 0 aromatic heterocycles. The minimum Gasteiger partial charge on any atom is -0.490 e. The summed E-state index contributed by atoms with van der Waals surface area (Å²) in [6.45, 7) is 9.71. The molecule has 0 spiro atoms. The minimum atomic E-state index is -0.561. The summed E-state index contributed by atoms with van der Waals surface area (Å²) in [5, 5.41) is 3.52. The first-order valence-electron chi connectivity index (χ1n) is 12.1. The minimum absolute atomic E-state index is 0.0923. The summed E-state index contributed by atoms with van der Waals surface area (Å²) in [4.78, 5) is 28.0. The third-order valence-corrected chi connectivity index (χ3v) is 5.84. The molecule has 6 nitrogen and oxygen atoms in total. The van der Waals surface area contributed by atoms with Gasteiger partial charge in [0.25, 0.3) is 0 Å². The van der Waals surface area contributed by atoms with Crippen LogP contribution in [0.15, 0.2) is 42.5 Å². The predicted octanol–water partition coefficient (Wildman–Crippen LogP) is 5.40. The molecule has 1 N–H and O–H groups in total. The van der Waals surface area contributed by atoms with Gasteiger partial charge in [-0.3, -0.25) is 9.59 Å². The third kappa shape index (κ3) is 7.94. The van der Waals surface area contributed by atoms with E-state index in [1.807, 2.05) is 64.1 Å². The average Bonchev–Trinajstić information content (AvgIpc) is 2.83. The quantitative estimate of drug-likeness (QED) is 0.386. The summed E-state index contributed by atoms with van der Waals surface area (Å²) in [6.07, 6.45) is 2.14. The summed E-state index contributed by atoms with van der Waals surface area (Å²) in [6, 6.07) is 12.6. The maximum atomic E-state index is 13.4. The number of benzene rings is 2. The molecule has 2 amide bonds. The highest BCUT2D eigenvalue weighted by molar-refractivity contribution is 6.31. The molecule has 0 heterocycles. The number of halogens is 1. The monoisotopic (exact) mass is 488 g/mol. The van der Waals surface area contributed by atoms with E-state index in [4.69, 9.17) is 21.1 Å². The molecule has 2 aromatic carbocycles. The van der Waals surface area contributed by atoms with Crippen molar-refractivity contribution in [3.05, 3.63) is 58.6 Å². The van der Waals surface area contributed by atoms with Gasteiger partial charge in [0.05, 0.1) is 13.2 Å². The SMILES string of the molecule is CCCNC(=O)[C@@H](CC)N(Cc1ccccc1Cl)C(=O)CCc1ccc(OCC)c(OCC)c1. The molecule has 0 unspecified atom stereocenters. The second kappa shape index (κ2) is 14.5. The van der Waals surface area contributed by atoms with Crippen LogP contribution in [-0.4, -0.2) is 42.5 Å². The molecule has 34 heavy (non-hydrogen) atoms. The lowest BCUT2D eigenvalue weighted by atomic mass is 10.1. The van der Waals surface area contributed by atoms with E-state index < -0.39 is 6.04 Å². The molecule has 7 heteroatoms. The lowest BCUT2D eigenvalue weighted by molar-refractivity contribution is -0.141. The van der Waals surface area contributed by atoms with E-state index in [2.05, 4.69) is 5.32 Å². The van der Waals surface area contributed by atoms with Crippen molar-refractivity contribution in [1.29, 1.82) is 0 Å². The van der Waals surface area contributed by atoms with Gasteiger partial charge in [-0.25, -0.2) is 0 Å². The van der Waals surface area contributed by atoms with Crippen LogP contribution in [-0.2, 0) is 22.6 Å². The number of hydrogen-bond acceptors (Lipinski definition) is 4. The zero-order valence-electron chi connectivity index (χ0n) is 20.7. The molecule has 2 aromatic rings. The topological polar surface area (TPSA) is 67.9 Å². The Kier molecular flexibility index (Phi) is 11.7. The zero-order valence-corrected chi connectivity index (χ0v) is 21.5. The highest BCUT2D eigenvalue weighted by atomic mass is 35.5. The Morgan fingerprint density at radius 1 is 1.00 bits per heavy atom. The van der Waals surface area contributed by atoms with Crippen LogP contribution in [0.4, 0.5) is 0 Å². The molecule has 0 fully saturated rings. The lowest BCUT2D eigenvalue weighted by Crippen LogP contribution is -2.49. The largest absolute Gasteiger partial charge is 0.490 e. The molecule has 186 valence electrons. The summed E-state index contributed by atoms with van der Waals surface area (Å²) < 4.78 is 11.3. The Hall–Kier alpha value is -2.73. The van der Waals surface area contributed by atoms with Crippen molar-refractivity contribution in [1.82, 2.24) is 10.2 Å². The smallest absolute Gasteiger partial charge is 0.242 e. The number of rotatable bonds is 14. The van der Waals surface area contributed by atoms with Crippen LogP contribution in [0.3, 0.4) is 0 Å². The summed E-state index contributed by atoms with van der Waals surface area (Å²) >= 11 is 6.38. The van der Waals surface area contributed by atoms with Gasteiger partial charge < -0.3 is 19.7 Å². The Morgan fingerprint density at radius 3 is 2.35 bits per heavy atom. The first-order valence-corrected chi connectivity index (χ1v) is 12.5. The number of carbonyl (C=O) groups is 2. The van der Waals surface area contributed by atoms with E-state index >= 15 is 0 Å². The molecular weight excluding hydrogens is 452 g/mol. The molecule has 1 atom stereocenters. The Balaban J connectivity index is 2.22. The van der Waals surface area contributed by atoms with Gasteiger partial charge in [-0.15, -0.1) is 0 Å². The van der Waals surface area contributed by atoms with E-state index in [0.29, 0.717) is 49.1 Å². The summed E-state index contributed by atoms with van der Waals surface area (Å²) in [5.41, 5.74) is 1.79. The van der Waals surface area contributed by atoms with Gasteiger partial charge in [-0.1, -0.05) is 49.7 Å². The van der Waals surface area contributed by atoms with Crippen LogP contribution < -0.4 is 14.8 Å². The van der Waals surface area contributed by atoms with Gasteiger partial charge in [0.1, 0.15) is 6.04 Å². The predicted molar refractivity (Wildman–Crippen MR) is 136 cm³/mol. The van der Waals surface area contributed by atoms with Crippen LogP contribution in [0.1, 0.15) is 58.1 Å². The second-order valence-corrected chi connectivity index (χ2v) is 8.38. The van der Waals surface area contributed by atoms with Crippen LogP contribution in [0.25, 0.3) is 0 Å². The number of amides is 2. The molecule has 0 aliphatic heterocycles. The fourth-order valence-corrected chi connectivity index (χ4v) is 3.94. The number of aryl methyl sites for hydroxylation is 1. The number of ether oxygens (including phenoxy) is 2. The molecule has 0 aliphatic carbocycles.